The number of methoxy groups -OCH3 is 1. The summed E-state index contributed by atoms with van der Waals surface area (Å²) in [5.74, 6) is 0.928. The second-order valence-electron chi connectivity index (χ2n) is 6.34. The van der Waals surface area contributed by atoms with Gasteiger partial charge in [-0.15, -0.1) is 0 Å². The first-order valence-electron chi connectivity index (χ1n) is 8.42. The molecule has 0 saturated carbocycles. The topological polar surface area (TPSA) is 71.9 Å². The third-order valence-electron chi connectivity index (χ3n) is 4.06. The van der Waals surface area contributed by atoms with E-state index >= 15 is 0 Å². The average Bonchev–Trinajstić information content (AvgIpc) is 2.53. The Kier molecular flexibility index (Phi) is 8.26. The molecule has 134 valence electrons. The summed E-state index contributed by atoms with van der Waals surface area (Å²) in [5.41, 5.74) is 0.688. The van der Waals surface area contributed by atoms with E-state index in [0.29, 0.717) is 30.4 Å². The van der Waals surface area contributed by atoms with Gasteiger partial charge in [0.1, 0.15) is 5.75 Å². The highest BCUT2D eigenvalue weighted by Crippen LogP contribution is 2.16. The summed E-state index contributed by atoms with van der Waals surface area (Å²) in [6.07, 6.45) is 0. The molecule has 0 aliphatic rings. The number of carbonyl (C=O) groups excluding carboxylic acids is 2. The Balaban J connectivity index is 2.51. The first kappa shape index (κ1) is 20.0. The van der Waals surface area contributed by atoms with Crippen LogP contribution in [-0.4, -0.2) is 44.6 Å². The van der Waals surface area contributed by atoms with Crippen molar-refractivity contribution in [3.63, 3.8) is 0 Å². The smallest absolute Gasteiger partial charge is 0.279 e. The predicted molar refractivity (Wildman–Crippen MR) is 95.3 cm³/mol. The molecule has 0 aliphatic carbocycles. The number of ether oxygens (including phenoxy) is 1. The van der Waals surface area contributed by atoms with Crippen LogP contribution < -0.4 is 20.3 Å². The summed E-state index contributed by atoms with van der Waals surface area (Å²) in [6, 6.07) is 7.34. The number of hydrogen-bond acceptors (Lipinski definition) is 3. The fraction of sp³-hybridized carbons (Fsp3) is 0.556. The molecule has 3 N–H and O–H groups in total. The molecule has 1 rings (SSSR count). The van der Waals surface area contributed by atoms with Crippen LogP contribution >= 0.6 is 0 Å². The molecule has 6 heteroatoms. The Morgan fingerprint density at radius 3 is 2.42 bits per heavy atom. The number of nitrogens with one attached hydrogen (secondary N) is 3. The van der Waals surface area contributed by atoms with Crippen LogP contribution in [0.15, 0.2) is 24.3 Å². The third kappa shape index (κ3) is 7.00. The van der Waals surface area contributed by atoms with Crippen LogP contribution in [0.5, 0.6) is 5.75 Å². The maximum atomic E-state index is 12.2. The summed E-state index contributed by atoms with van der Waals surface area (Å²) in [7, 11) is 1.58. The molecule has 1 aromatic rings. The van der Waals surface area contributed by atoms with Gasteiger partial charge in [-0.05, 0) is 31.9 Å². The van der Waals surface area contributed by atoms with Gasteiger partial charge in [0.2, 0.25) is 0 Å². The fourth-order valence-corrected chi connectivity index (χ4v) is 2.14. The Morgan fingerprint density at radius 2 is 1.83 bits per heavy atom. The summed E-state index contributed by atoms with van der Waals surface area (Å²) in [6.45, 7) is 9.33. The van der Waals surface area contributed by atoms with E-state index in [2.05, 4.69) is 24.5 Å². The molecule has 2 atom stereocenters. The summed E-state index contributed by atoms with van der Waals surface area (Å²) in [5, 5.41) is 5.82. The molecular formula is C18H30N3O3+. The molecule has 0 fully saturated rings. The van der Waals surface area contributed by atoms with Crippen LogP contribution in [-0.2, 0) is 9.59 Å². The largest absolute Gasteiger partial charge is 0.497 e. The highest BCUT2D eigenvalue weighted by Gasteiger charge is 2.19. The van der Waals surface area contributed by atoms with Crippen LogP contribution in [0.2, 0.25) is 0 Å². The van der Waals surface area contributed by atoms with Crippen molar-refractivity contribution in [2.24, 2.45) is 5.92 Å². The first-order chi connectivity index (χ1) is 11.3. The monoisotopic (exact) mass is 336 g/mol. The van der Waals surface area contributed by atoms with Gasteiger partial charge in [-0.3, -0.25) is 9.59 Å². The van der Waals surface area contributed by atoms with E-state index in [1.54, 1.807) is 13.2 Å². The van der Waals surface area contributed by atoms with E-state index in [4.69, 9.17) is 4.74 Å². The van der Waals surface area contributed by atoms with Gasteiger partial charge in [-0.1, -0.05) is 19.9 Å². The van der Waals surface area contributed by atoms with E-state index < -0.39 is 0 Å². The number of hydrogen-bond donors (Lipinski definition) is 3. The van der Waals surface area contributed by atoms with E-state index in [0.717, 1.165) is 4.90 Å². The molecular weight excluding hydrogens is 306 g/mol. The number of quaternary nitrogens is 1. The molecule has 0 saturated heterocycles. The van der Waals surface area contributed by atoms with E-state index in [-0.39, 0.29) is 24.4 Å². The number of likely N-dealkylation sites (N-methyl/N-ethyl adjacent to an activating group) is 1. The van der Waals surface area contributed by atoms with Crippen molar-refractivity contribution < 1.29 is 19.2 Å². The normalized spacial score (nSPS) is 13.2. The molecule has 2 amide bonds. The molecule has 6 nitrogen and oxygen atoms in total. The minimum Gasteiger partial charge on any atom is -0.497 e. The van der Waals surface area contributed by atoms with E-state index in [1.807, 2.05) is 32.0 Å². The minimum absolute atomic E-state index is 0.0257. The van der Waals surface area contributed by atoms with Crippen molar-refractivity contribution in [3.05, 3.63) is 24.3 Å². The molecule has 0 bridgehead atoms. The van der Waals surface area contributed by atoms with Crippen LogP contribution in [0.3, 0.4) is 0 Å². The Bertz CT molecular complexity index is 546. The van der Waals surface area contributed by atoms with Crippen LogP contribution in [0.4, 0.5) is 5.69 Å². The van der Waals surface area contributed by atoms with Gasteiger partial charge in [0.15, 0.2) is 13.1 Å². The van der Waals surface area contributed by atoms with Crippen molar-refractivity contribution in [2.75, 3.05) is 32.1 Å². The lowest BCUT2D eigenvalue weighted by molar-refractivity contribution is -0.881. The maximum Gasteiger partial charge on any atom is 0.279 e. The maximum absolute atomic E-state index is 12.2. The Hall–Kier alpha value is -2.08. The van der Waals surface area contributed by atoms with Gasteiger partial charge in [0, 0.05) is 17.8 Å². The number of rotatable bonds is 9. The van der Waals surface area contributed by atoms with Gasteiger partial charge in [-0.25, -0.2) is 0 Å². The lowest BCUT2D eigenvalue weighted by Gasteiger charge is -2.20. The van der Waals surface area contributed by atoms with Gasteiger partial charge in [0.05, 0.1) is 13.7 Å². The molecule has 0 spiro atoms. The molecule has 0 aromatic heterocycles. The molecule has 24 heavy (non-hydrogen) atoms. The van der Waals surface area contributed by atoms with Crippen LogP contribution in [0.25, 0.3) is 0 Å². The number of carbonyl (C=O) groups is 2. The summed E-state index contributed by atoms with van der Waals surface area (Å²) < 4.78 is 5.14. The average molecular weight is 336 g/mol. The third-order valence-corrected chi connectivity index (χ3v) is 4.06. The highest BCUT2D eigenvalue weighted by molar-refractivity contribution is 5.91. The summed E-state index contributed by atoms with van der Waals surface area (Å²) in [4.78, 5) is 25.2. The van der Waals surface area contributed by atoms with Crippen molar-refractivity contribution in [1.82, 2.24) is 5.32 Å². The molecule has 1 unspecified atom stereocenters. The predicted octanol–water partition coefficient (Wildman–Crippen LogP) is 0.699. The van der Waals surface area contributed by atoms with Crippen molar-refractivity contribution in [1.29, 1.82) is 0 Å². The van der Waals surface area contributed by atoms with Gasteiger partial charge >= 0.3 is 0 Å². The lowest BCUT2D eigenvalue weighted by atomic mass is 10.1. The molecule has 0 radical (unpaired) electrons. The van der Waals surface area contributed by atoms with Gasteiger partial charge in [0.25, 0.3) is 11.8 Å². The number of benzene rings is 1. The molecule has 1 aromatic carbocycles. The first-order valence-corrected chi connectivity index (χ1v) is 8.42. The number of anilines is 1. The van der Waals surface area contributed by atoms with E-state index in [9.17, 15) is 9.59 Å². The van der Waals surface area contributed by atoms with Crippen molar-refractivity contribution in [3.8, 4) is 5.75 Å². The van der Waals surface area contributed by atoms with Crippen LogP contribution in [0.1, 0.15) is 27.7 Å². The second-order valence-corrected chi connectivity index (χ2v) is 6.34. The minimum atomic E-state index is -0.121. The zero-order valence-corrected chi connectivity index (χ0v) is 15.3. The summed E-state index contributed by atoms with van der Waals surface area (Å²) >= 11 is 0. The SMILES string of the molecule is CC[NH+](CC(=O)Nc1cccc(OC)c1)CC(=O)N[C@@H](C)C(C)C. The Labute approximate surface area is 144 Å². The molecule has 0 aliphatic heterocycles. The number of amides is 2. The quantitative estimate of drug-likeness (QED) is 0.622. The van der Waals surface area contributed by atoms with Crippen molar-refractivity contribution in [2.45, 2.75) is 33.7 Å². The zero-order chi connectivity index (χ0) is 18.1. The molecule has 0 heterocycles. The van der Waals surface area contributed by atoms with Gasteiger partial charge in [-0.2, -0.15) is 0 Å². The zero-order valence-electron chi connectivity index (χ0n) is 15.3. The van der Waals surface area contributed by atoms with E-state index in [1.165, 1.54) is 0 Å². The second kappa shape index (κ2) is 9.93. The lowest BCUT2D eigenvalue weighted by Crippen LogP contribution is -3.14. The van der Waals surface area contributed by atoms with Crippen molar-refractivity contribution >= 4 is 17.5 Å². The van der Waals surface area contributed by atoms with Crippen LogP contribution in [0, 0.1) is 5.92 Å². The Morgan fingerprint density at radius 1 is 1.17 bits per heavy atom. The fourth-order valence-electron chi connectivity index (χ4n) is 2.14. The highest BCUT2D eigenvalue weighted by atomic mass is 16.5. The standard InChI is InChI=1S/C18H29N3O3/c1-6-21(11-17(22)19-14(4)13(2)3)12-18(23)20-15-8-7-9-16(10-15)24-5/h7-10,13-14H,6,11-12H2,1-5H3,(H,19,22)(H,20,23)/p+1/t14-/m0/s1. The van der Waals surface area contributed by atoms with Gasteiger partial charge < -0.3 is 20.3 Å².